The molecule has 0 fully saturated rings. The highest BCUT2D eigenvalue weighted by molar-refractivity contribution is 5.86. The second-order valence-corrected chi connectivity index (χ2v) is 2.13. The number of ether oxygens (including phenoxy) is 1. The third kappa shape index (κ3) is 1.85. The van der Waals surface area contributed by atoms with Gasteiger partial charge in [0.25, 0.3) is 0 Å². The number of rotatable bonds is 3. The van der Waals surface area contributed by atoms with Gasteiger partial charge < -0.3 is 9.15 Å². The van der Waals surface area contributed by atoms with Gasteiger partial charge in [-0.05, 0) is 19.1 Å². The molecule has 0 unspecified atom stereocenters. The molecule has 0 aliphatic rings. The molecular weight excluding hydrogens is 160 g/mol. The van der Waals surface area contributed by atoms with Crippen LogP contribution in [0.3, 0.4) is 0 Å². The first kappa shape index (κ1) is 8.80. The normalized spacial score (nSPS) is 9.83. The fourth-order valence-electron chi connectivity index (χ4n) is 0.767. The molecule has 0 aliphatic heterocycles. The summed E-state index contributed by atoms with van der Waals surface area (Å²) in [6.45, 7) is 1.54. The van der Waals surface area contributed by atoms with Gasteiger partial charge in [-0.1, -0.05) is 0 Å². The van der Waals surface area contributed by atoms with Crippen LogP contribution in [0.2, 0.25) is 0 Å². The first-order valence-corrected chi connectivity index (χ1v) is 3.62. The smallest absolute Gasteiger partial charge is 0.374 e. The van der Waals surface area contributed by atoms with Gasteiger partial charge in [0.05, 0.1) is 6.61 Å². The zero-order valence-electron chi connectivity index (χ0n) is 6.70. The lowest BCUT2D eigenvalue weighted by molar-refractivity contribution is 0.0482. The molecule has 1 aromatic rings. The predicted molar refractivity (Wildman–Crippen MR) is 39.1 cm³/mol. The lowest BCUT2D eigenvalue weighted by Gasteiger charge is -1.95. The van der Waals surface area contributed by atoms with Crippen LogP contribution in [0, 0.1) is 0 Å². The molecule has 0 aliphatic carbocycles. The van der Waals surface area contributed by atoms with E-state index in [-0.39, 0.29) is 11.5 Å². The van der Waals surface area contributed by atoms with Crippen molar-refractivity contribution in [3.63, 3.8) is 0 Å². The van der Waals surface area contributed by atoms with E-state index in [1.807, 2.05) is 0 Å². The van der Waals surface area contributed by atoms with E-state index >= 15 is 0 Å². The van der Waals surface area contributed by atoms with E-state index in [9.17, 15) is 9.90 Å². The van der Waals surface area contributed by atoms with Crippen LogP contribution >= 0.6 is 0 Å². The molecule has 0 N–H and O–H groups in total. The van der Waals surface area contributed by atoms with Crippen molar-refractivity contribution in [2.24, 2.45) is 0 Å². The summed E-state index contributed by atoms with van der Waals surface area (Å²) in [5.74, 6) is -0.196. The molecule has 0 atom stereocenters. The van der Waals surface area contributed by atoms with Gasteiger partial charge in [0.1, 0.15) is 12.4 Å². The van der Waals surface area contributed by atoms with Crippen molar-refractivity contribution in [2.75, 3.05) is 6.61 Å². The molecule has 0 saturated carbocycles. The summed E-state index contributed by atoms with van der Waals surface area (Å²) >= 11 is 0. The van der Waals surface area contributed by atoms with E-state index < -0.39 is 12.6 Å². The number of furan rings is 1. The second kappa shape index (κ2) is 3.92. The van der Waals surface area contributed by atoms with Crippen LogP contribution in [0.15, 0.2) is 16.5 Å². The molecule has 4 heteroatoms. The van der Waals surface area contributed by atoms with Crippen molar-refractivity contribution in [1.82, 2.24) is 0 Å². The topological polar surface area (TPSA) is 59.3 Å². The number of hydrogen-bond acceptors (Lipinski definition) is 3. The Balaban J connectivity index is 2.68. The molecule has 1 rings (SSSR count). The maximum Gasteiger partial charge on any atom is 0.374 e. The molecule has 0 bridgehead atoms. The van der Waals surface area contributed by atoms with Gasteiger partial charge in [0.2, 0.25) is 5.76 Å². The van der Waals surface area contributed by atoms with Crippen LogP contribution in [0.4, 0.5) is 0 Å². The quantitative estimate of drug-likeness (QED) is 0.642. The first-order valence-electron chi connectivity index (χ1n) is 3.62. The van der Waals surface area contributed by atoms with Gasteiger partial charge in [-0.15, -0.1) is 0 Å². The second-order valence-electron chi connectivity index (χ2n) is 2.13. The van der Waals surface area contributed by atoms with E-state index in [1.54, 1.807) is 6.92 Å². The molecule has 12 heavy (non-hydrogen) atoms. The SMILES string of the molecule is CCOC(=O)c1ccc(C[O])o1. The van der Waals surface area contributed by atoms with Crippen molar-refractivity contribution in [2.45, 2.75) is 13.5 Å². The third-order valence-corrected chi connectivity index (χ3v) is 1.28. The van der Waals surface area contributed by atoms with Crippen LogP contribution < -0.4 is 0 Å². The highest BCUT2D eigenvalue weighted by Gasteiger charge is 2.10. The lowest BCUT2D eigenvalue weighted by Crippen LogP contribution is -2.02. The monoisotopic (exact) mass is 169 g/mol. The molecule has 1 aromatic heterocycles. The number of carbonyl (C=O) groups is 1. The summed E-state index contributed by atoms with van der Waals surface area (Å²) in [6.07, 6.45) is 0. The summed E-state index contributed by atoms with van der Waals surface area (Å²) in [4.78, 5) is 11.0. The predicted octanol–water partition coefficient (Wildman–Crippen LogP) is 1.39. The molecule has 1 heterocycles. The summed E-state index contributed by atoms with van der Waals surface area (Å²) in [6, 6.07) is 2.91. The fraction of sp³-hybridized carbons (Fsp3) is 0.375. The van der Waals surface area contributed by atoms with Gasteiger partial charge in [-0.2, -0.15) is 0 Å². The summed E-state index contributed by atoms with van der Waals surface area (Å²) < 4.78 is 9.51. The Labute approximate surface area is 69.8 Å². The molecule has 0 saturated heterocycles. The molecule has 4 nitrogen and oxygen atoms in total. The maximum absolute atomic E-state index is 11.0. The third-order valence-electron chi connectivity index (χ3n) is 1.28. The highest BCUT2D eigenvalue weighted by Crippen LogP contribution is 2.08. The van der Waals surface area contributed by atoms with Gasteiger partial charge in [-0.25, -0.2) is 9.90 Å². The van der Waals surface area contributed by atoms with Crippen molar-refractivity contribution >= 4 is 5.97 Å². The minimum atomic E-state index is -0.530. The first-order chi connectivity index (χ1) is 5.77. The fourth-order valence-corrected chi connectivity index (χ4v) is 0.767. The molecule has 0 aromatic carbocycles. The van der Waals surface area contributed by atoms with Crippen LogP contribution in [-0.2, 0) is 16.5 Å². The summed E-state index contributed by atoms with van der Waals surface area (Å²) in [5.41, 5.74) is 0. The van der Waals surface area contributed by atoms with Crippen LogP contribution in [0.5, 0.6) is 0 Å². The van der Waals surface area contributed by atoms with E-state index in [0.717, 1.165) is 0 Å². The van der Waals surface area contributed by atoms with Crippen LogP contribution in [0.25, 0.3) is 0 Å². The van der Waals surface area contributed by atoms with Crippen molar-refractivity contribution in [3.05, 3.63) is 23.7 Å². The average Bonchev–Trinajstić information content (AvgIpc) is 2.52. The van der Waals surface area contributed by atoms with E-state index in [4.69, 9.17) is 4.42 Å². The molecule has 0 amide bonds. The van der Waals surface area contributed by atoms with E-state index in [2.05, 4.69) is 4.74 Å². The number of carbonyl (C=O) groups excluding carboxylic acids is 1. The maximum atomic E-state index is 11.0. The Kier molecular flexibility index (Phi) is 2.88. The van der Waals surface area contributed by atoms with Gasteiger partial charge in [0.15, 0.2) is 0 Å². The van der Waals surface area contributed by atoms with E-state index in [1.165, 1.54) is 12.1 Å². The van der Waals surface area contributed by atoms with Gasteiger partial charge in [0, 0.05) is 0 Å². The van der Waals surface area contributed by atoms with Gasteiger partial charge >= 0.3 is 5.97 Å². The molecule has 65 valence electrons. The zero-order chi connectivity index (χ0) is 8.97. The largest absolute Gasteiger partial charge is 0.460 e. The van der Waals surface area contributed by atoms with Crippen molar-refractivity contribution < 1.29 is 19.1 Å². The Morgan fingerprint density at radius 3 is 2.83 bits per heavy atom. The Morgan fingerprint density at radius 2 is 2.33 bits per heavy atom. The molecule has 1 radical (unpaired) electrons. The molecular formula is C8H9O4. The summed E-state index contributed by atoms with van der Waals surface area (Å²) in [5, 5.41) is 10.3. The Hall–Kier alpha value is -1.29. The Morgan fingerprint density at radius 1 is 1.58 bits per heavy atom. The standard InChI is InChI=1S/C8H9O4/c1-2-11-8(10)7-4-3-6(5-9)12-7/h3-4H,2,5H2,1H3. The zero-order valence-corrected chi connectivity index (χ0v) is 6.70. The van der Waals surface area contributed by atoms with Crippen LogP contribution in [-0.4, -0.2) is 12.6 Å². The number of esters is 1. The van der Waals surface area contributed by atoms with Crippen LogP contribution in [0.1, 0.15) is 23.2 Å². The van der Waals surface area contributed by atoms with Crippen molar-refractivity contribution in [3.8, 4) is 0 Å². The average molecular weight is 169 g/mol. The minimum Gasteiger partial charge on any atom is -0.460 e. The molecule has 0 spiro atoms. The Bertz CT molecular complexity index is 264. The lowest BCUT2D eigenvalue weighted by atomic mass is 10.4. The number of hydrogen-bond donors (Lipinski definition) is 0. The van der Waals surface area contributed by atoms with Gasteiger partial charge in [-0.3, -0.25) is 0 Å². The van der Waals surface area contributed by atoms with Crippen molar-refractivity contribution in [1.29, 1.82) is 0 Å². The summed E-state index contributed by atoms with van der Waals surface area (Å²) in [7, 11) is 0. The van der Waals surface area contributed by atoms with E-state index in [0.29, 0.717) is 6.61 Å². The highest BCUT2D eigenvalue weighted by atomic mass is 16.5. The minimum absolute atomic E-state index is 0.0858.